The van der Waals surface area contributed by atoms with Crippen molar-refractivity contribution in [1.82, 2.24) is 15.1 Å². The molecule has 0 bridgehead atoms. The van der Waals surface area contributed by atoms with E-state index in [9.17, 15) is 4.79 Å². The molecule has 2 aromatic heterocycles. The molecule has 0 aliphatic rings. The first-order valence-corrected chi connectivity index (χ1v) is 7.73. The van der Waals surface area contributed by atoms with E-state index in [4.69, 9.17) is 4.74 Å². The lowest BCUT2D eigenvalue weighted by Gasteiger charge is -2.16. The maximum Gasteiger partial charge on any atom is 0.307 e. The highest BCUT2D eigenvalue weighted by Crippen LogP contribution is 2.23. The first-order valence-electron chi connectivity index (χ1n) is 6.85. The summed E-state index contributed by atoms with van der Waals surface area (Å²) in [5.74, 6) is -0.208. The fourth-order valence-electron chi connectivity index (χ4n) is 2.31. The van der Waals surface area contributed by atoms with Crippen molar-refractivity contribution >= 4 is 17.3 Å². The minimum absolute atomic E-state index is 0.0311. The second-order valence-electron chi connectivity index (χ2n) is 5.00. The van der Waals surface area contributed by atoms with Gasteiger partial charge in [-0.1, -0.05) is 6.07 Å². The molecule has 1 unspecified atom stereocenters. The lowest BCUT2D eigenvalue weighted by atomic mass is 10.1. The topological polar surface area (TPSA) is 56.1 Å². The molecule has 2 aromatic rings. The Morgan fingerprint density at radius 1 is 1.52 bits per heavy atom. The van der Waals surface area contributed by atoms with Gasteiger partial charge in [-0.15, -0.1) is 11.3 Å². The smallest absolute Gasteiger partial charge is 0.307 e. The second kappa shape index (κ2) is 6.87. The van der Waals surface area contributed by atoms with Crippen LogP contribution in [0.2, 0.25) is 0 Å². The van der Waals surface area contributed by atoms with Crippen LogP contribution in [0.15, 0.2) is 17.5 Å². The van der Waals surface area contributed by atoms with Crippen LogP contribution in [0, 0.1) is 13.8 Å². The van der Waals surface area contributed by atoms with Crippen molar-refractivity contribution in [2.24, 2.45) is 7.05 Å². The van der Waals surface area contributed by atoms with Crippen molar-refractivity contribution in [3.63, 3.8) is 0 Å². The standard InChI is InChI=1S/C15H21N3O2S/c1-10-12(11(2)18(3)17-10)9-16-13(8-15(19)20-4)14-6-5-7-21-14/h5-7,13,16H,8-9H2,1-4H3. The largest absolute Gasteiger partial charge is 0.469 e. The molecule has 0 spiro atoms. The van der Waals surface area contributed by atoms with E-state index in [1.54, 1.807) is 11.3 Å². The minimum Gasteiger partial charge on any atom is -0.469 e. The van der Waals surface area contributed by atoms with E-state index in [-0.39, 0.29) is 12.0 Å². The molecule has 6 heteroatoms. The van der Waals surface area contributed by atoms with E-state index in [1.165, 1.54) is 12.7 Å². The Hall–Kier alpha value is -1.66. The fraction of sp³-hybridized carbons (Fsp3) is 0.467. The molecule has 1 atom stereocenters. The summed E-state index contributed by atoms with van der Waals surface area (Å²) in [5, 5.41) is 9.89. The van der Waals surface area contributed by atoms with Gasteiger partial charge in [0, 0.05) is 29.7 Å². The van der Waals surface area contributed by atoms with Gasteiger partial charge in [0.25, 0.3) is 0 Å². The highest BCUT2D eigenvalue weighted by molar-refractivity contribution is 7.10. The molecule has 0 aliphatic heterocycles. The van der Waals surface area contributed by atoms with Gasteiger partial charge in [-0.2, -0.15) is 5.10 Å². The summed E-state index contributed by atoms with van der Waals surface area (Å²) >= 11 is 1.64. The third-order valence-electron chi connectivity index (χ3n) is 3.67. The summed E-state index contributed by atoms with van der Waals surface area (Å²) in [4.78, 5) is 12.7. The number of aryl methyl sites for hydroxylation is 2. The molecule has 5 nitrogen and oxygen atoms in total. The number of thiophene rings is 1. The Kier molecular flexibility index (Phi) is 5.14. The van der Waals surface area contributed by atoms with Crippen LogP contribution in [0.3, 0.4) is 0 Å². The van der Waals surface area contributed by atoms with Gasteiger partial charge in [-0.25, -0.2) is 0 Å². The number of esters is 1. The van der Waals surface area contributed by atoms with Crippen LogP contribution < -0.4 is 5.32 Å². The molecule has 0 amide bonds. The summed E-state index contributed by atoms with van der Waals surface area (Å²) in [6.45, 7) is 4.74. The lowest BCUT2D eigenvalue weighted by Crippen LogP contribution is -2.24. The van der Waals surface area contributed by atoms with Crippen molar-refractivity contribution < 1.29 is 9.53 Å². The molecule has 1 N–H and O–H groups in total. The van der Waals surface area contributed by atoms with Crippen molar-refractivity contribution in [3.05, 3.63) is 39.3 Å². The van der Waals surface area contributed by atoms with Crippen LogP contribution in [0.25, 0.3) is 0 Å². The highest BCUT2D eigenvalue weighted by Gasteiger charge is 2.18. The first-order chi connectivity index (χ1) is 10.0. The van der Waals surface area contributed by atoms with E-state index in [1.807, 2.05) is 36.2 Å². The van der Waals surface area contributed by atoms with E-state index in [2.05, 4.69) is 17.3 Å². The molecule has 114 valence electrons. The Bertz CT molecular complexity index is 605. The van der Waals surface area contributed by atoms with Gasteiger partial charge in [0.1, 0.15) is 0 Å². The Morgan fingerprint density at radius 2 is 2.29 bits per heavy atom. The number of aromatic nitrogens is 2. The van der Waals surface area contributed by atoms with Crippen LogP contribution in [-0.4, -0.2) is 22.9 Å². The maximum absolute atomic E-state index is 11.6. The second-order valence-corrected chi connectivity index (χ2v) is 5.98. The maximum atomic E-state index is 11.6. The average molecular weight is 307 g/mol. The molecular formula is C15H21N3O2S. The summed E-state index contributed by atoms with van der Waals surface area (Å²) < 4.78 is 6.67. The van der Waals surface area contributed by atoms with Crippen molar-refractivity contribution in [2.45, 2.75) is 32.9 Å². The zero-order valence-electron chi connectivity index (χ0n) is 12.8. The fourth-order valence-corrected chi connectivity index (χ4v) is 3.11. The highest BCUT2D eigenvalue weighted by atomic mass is 32.1. The van der Waals surface area contributed by atoms with Crippen molar-refractivity contribution in [1.29, 1.82) is 0 Å². The van der Waals surface area contributed by atoms with E-state index >= 15 is 0 Å². The molecule has 0 aromatic carbocycles. The summed E-state index contributed by atoms with van der Waals surface area (Å²) in [6, 6.07) is 4.00. The van der Waals surface area contributed by atoms with Crippen LogP contribution >= 0.6 is 11.3 Å². The SMILES string of the molecule is COC(=O)CC(NCc1c(C)nn(C)c1C)c1cccs1. The third-order valence-corrected chi connectivity index (χ3v) is 4.66. The summed E-state index contributed by atoms with van der Waals surface area (Å²) in [6.07, 6.45) is 0.329. The normalized spacial score (nSPS) is 12.4. The number of hydrogen-bond acceptors (Lipinski definition) is 5. The zero-order valence-corrected chi connectivity index (χ0v) is 13.7. The molecule has 0 saturated heterocycles. The van der Waals surface area contributed by atoms with E-state index in [0.717, 1.165) is 16.3 Å². The number of nitrogens with one attached hydrogen (secondary N) is 1. The van der Waals surface area contributed by atoms with Gasteiger partial charge in [0.05, 0.1) is 25.3 Å². The molecule has 0 aliphatic carbocycles. The molecule has 2 rings (SSSR count). The quantitative estimate of drug-likeness (QED) is 0.833. The van der Waals surface area contributed by atoms with Gasteiger partial charge in [-0.05, 0) is 25.3 Å². The summed E-state index contributed by atoms with van der Waals surface area (Å²) in [5.41, 5.74) is 3.34. The number of ether oxygens (including phenoxy) is 1. The van der Waals surface area contributed by atoms with Gasteiger partial charge in [0.15, 0.2) is 0 Å². The van der Waals surface area contributed by atoms with Crippen LogP contribution in [-0.2, 0) is 23.1 Å². The number of hydrogen-bond donors (Lipinski definition) is 1. The molecule has 21 heavy (non-hydrogen) atoms. The van der Waals surface area contributed by atoms with Crippen LogP contribution in [0.5, 0.6) is 0 Å². The predicted molar refractivity (Wildman–Crippen MR) is 83.2 cm³/mol. The molecule has 2 heterocycles. The van der Waals surface area contributed by atoms with Gasteiger partial charge >= 0.3 is 5.97 Å². The van der Waals surface area contributed by atoms with Crippen LogP contribution in [0.4, 0.5) is 0 Å². The predicted octanol–water partition coefficient (Wildman–Crippen LogP) is 2.49. The number of rotatable bonds is 6. The van der Waals surface area contributed by atoms with E-state index < -0.39 is 0 Å². The first kappa shape index (κ1) is 15.7. The number of nitrogens with zero attached hydrogens (tertiary/aromatic N) is 2. The lowest BCUT2D eigenvalue weighted by molar-refractivity contribution is -0.141. The van der Waals surface area contributed by atoms with Gasteiger partial charge in [0.2, 0.25) is 0 Å². The number of carbonyl (C=O) groups is 1. The average Bonchev–Trinajstić information content (AvgIpc) is 3.06. The monoisotopic (exact) mass is 307 g/mol. The molecule has 0 saturated carbocycles. The van der Waals surface area contributed by atoms with Gasteiger partial charge in [-0.3, -0.25) is 9.48 Å². The zero-order chi connectivity index (χ0) is 15.4. The number of methoxy groups -OCH3 is 1. The van der Waals surface area contributed by atoms with Gasteiger partial charge < -0.3 is 10.1 Å². The molecule has 0 fully saturated rings. The Balaban J connectivity index is 2.10. The minimum atomic E-state index is -0.208. The third kappa shape index (κ3) is 3.71. The molecule has 0 radical (unpaired) electrons. The summed E-state index contributed by atoms with van der Waals surface area (Å²) in [7, 11) is 3.36. The number of carbonyl (C=O) groups excluding carboxylic acids is 1. The Morgan fingerprint density at radius 3 is 2.81 bits per heavy atom. The molecular weight excluding hydrogens is 286 g/mol. The van der Waals surface area contributed by atoms with Crippen LogP contribution in [0.1, 0.15) is 34.3 Å². The Labute approximate surface area is 128 Å². The van der Waals surface area contributed by atoms with E-state index in [0.29, 0.717) is 13.0 Å². The van der Waals surface area contributed by atoms with Crippen molar-refractivity contribution in [3.8, 4) is 0 Å². The van der Waals surface area contributed by atoms with Crippen molar-refractivity contribution in [2.75, 3.05) is 7.11 Å².